The van der Waals surface area contributed by atoms with Crippen molar-refractivity contribution in [2.45, 2.75) is 24.8 Å². The van der Waals surface area contributed by atoms with Crippen molar-refractivity contribution in [1.29, 1.82) is 5.26 Å². The van der Waals surface area contributed by atoms with Gasteiger partial charge in [-0.1, -0.05) is 12.1 Å². The molecule has 1 fully saturated rings. The zero-order valence-electron chi connectivity index (χ0n) is 13.6. The van der Waals surface area contributed by atoms with Gasteiger partial charge >= 0.3 is 5.97 Å². The summed E-state index contributed by atoms with van der Waals surface area (Å²) in [5, 5.41) is 9.12. The van der Waals surface area contributed by atoms with Crippen molar-refractivity contribution in [3.8, 4) is 6.07 Å². The zero-order chi connectivity index (χ0) is 16.9. The first-order valence-corrected chi connectivity index (χ1v) is 8.04. The van der Waals surface area contributed by atoms with E-state index in [0.717, 1.165) is 37.3 Å². The molecular formula is C18H20N4O2. The molecule has 0 unspecified atom stereocenters. The molecule has 0 aliphatic carbocycles. The fourth-order valence-electron chi connectivity index (χ4n) is 3.35. The predicted molar refractivity (Wildman–Crippen MR) is 88.0 cm³/mol. The molecule has 3 rings (SSSR count). The lowest BCUT2D eigenvalue weighted by atomic mass is 9.93. The summed E-state index contributed by atoms with van der Waals surface area (Å²) in [5.74, 6) is 0.916. The molecule has 0 amide bonds. The molecule has 1 aliphatic heterocycles. The molecule has 2 aromatic rings. The van der Waals surface area contributed by atoms with E-state index >= 15 is 0 Å². The van der Waals surface area contributed by atoms with Crippen molar-refractivity contribution in [3.05, 3.63) is 53.6 Å². The molecule has 1 N–H and O–H groups in total. The average Bonchev–Trinajstić information content (AvgIpc) is 3.17. The number of rotatable bonds is 4. The van der Waals surface area contributed by atoms with Crippen molar-refractivity contribution in [3.63, 3.8) is 0 Å². The van der Waals surface area contributed by atoms with Crippen LogP contribution in [0.15, 0.2) is 36.7 Å². The van der Waals surface area contributed by atoms with Gasteiger partial charge in [-0.3, -0.25) is 4.90 Å². The van der Waals surface area contributed by atoms with Gasteiger partial charge in [0, 0.05) is 24.9 Å². The van der Waals surface area contributed by atoms with Gasteiger partial charge in [0.2, 0.25) is 0 Å². The summed E-state index contributed by atoms with van der Waals surface area (Å²) < 4.78 is 5.03. The predicted octanol–water partition coefficient (Wildman–Crippen LogP) is 2.38. The van der Waals surface area contributed by atoms with E-state index in [0.29, 0.717) is 5.56 Å². The molecule has 124 valence electrons. The topological polar surface area (TPSA) is 82.0 Å². The number of imidazole rings is 1. The molecule has 24 heavy (non-hydrogen) atoms. The Kier molecular flexibility index (Phi) is 4.92. The third-order valence-corrected chi connectivity index (χ3v) is 4.48. The van der Waals surface area contributed by atoms with Gasteiger partial charge in [0.1, 0.15) is 11.9 Å². The van der Waals surface area contributed by atoms with Crippen molar-refractivity contribution in [1.82, 2.24) is 14.9 Å². The Morgan fingerprint density at radius 3 is 3.12 bits per heavy atom. The number of piperidine rings is 1. The van der Waals surface area contributed by atoms with Crippen molar-refractivity contribution < 1.29 is 9.53 Å². The summed E-state index contributed by atoms with van der Waals surface area (Å²) in [5.41, 5.74) is 1.34. The average molecular weight is 324 g/mol. The van der Waals surface area contributed by atoms with Gasteiger partial charge in [-0.05, 0) is 37.1 Å². The molecule has 1 saturated heterocycles. The second-order valence-corrected chi connectivity index (χ2v) is 5.97. The number of aromatic nitrogens is 2. The van der Waals surface area contributed by atoms with Crippen molar-refractivity contribution in [2.75, 3.05) is 20.2 Å². The van der Waals surface area contributed by atoms with E-state index in [1.54, 1.807) is 24.4 Å². The van der Waals surface area contributed by atoms with E-state index in [2.05, 4.69) is 20.9 Å². The molecule has 0 bridgehead atoms. The summed E-state index contributed by atoms with van der Waals surface area (Å²) in [7, 11) is 1.40. The van der Waals surface area contributed by atoms with Gasteiger partial charge in [-0.25, -0.2) is 9.78 Å². The lowest BCUT2D eigenvalue weighted by Gasteiger charge is -2.36. The normalized spacial score (nSPS) is 19.4. The van der Waals surface area contributed by atoms with Gasteiger partial charge in [0.15, 0.2) is 0 Å². The molecule has 0 saturated carbocycles. The van der Waals surface area contributed by atoms with E-state index in [4.69, 9.17) is 10.00 Å². The maximum Gasteiger partial charge on any atom is 0.327 e. The molecular weight excluding hydrogens is 304 g/mol. The molecule has 1 aromatic heterocycles. The van der Waals surface area contributed by atoms with Crippen LogP contribution in [-0.2, 0) is 9.53 Å². The Hall–Kier alpha value is -2.65. The number of carbonyl (C=O) groups is 1. The number of nitrogens with zero attached hydrogens (tertiary/aromatic N) is 3. The number of benzene rings is 1. The fraction of sp³-hybridized carbons (Fsp3) is 0.389. The van der Waals surface area contributed by atoms with Crippen LogP contribution < -0.4 is 0 Å². The Balaban J connectivity index is 1.88. The number of esters is 1. The minimum Gasteiger partial charge on any atom is -0.468 e. The highest BCUT2D eigenvalue weighted by Crippen LogP contribution is 2.31. The van der Waals surface area contributed by atoms with E-state index < -0.39 is 6.04 Å². The molecule has 6 heteroatoms. The highest BCUT2D eigenvalue weighted by Gasteiger charge is 2.33. The van der Waals surface area contributed by atoms with Crippen LogP contribution in [0.1, 0.15) is 41.8 Å². The second kappa shape index (κ2) is 7.28. The Morgan fingerprint density at radius 2 is 2.42 bits per heavy atom. The van der Waals surface area contributed by atoms with Crippen LogP contribution in [0.2, 0.25) is 0 Å². The van der Waals surface area contributed by atoms with Crippen LogP contribution in [0.25, 0.3) is 0 Å². The van der Waals surface area contributed by atoms with Crippen LogP contribution in [0.5, 0.6) is 0 Å². The first-order chi connectivity index (χ1) is 11.7. The summed E-state index contributed by atoms with van der Waals surface area (Å²) in [6, 6.07) is 8.80. The zero-order valence-corrected chi connectivity index (χ0v) is 13.6. The molecule has 2 atom stereocenters. The Bertz CT molecular complexity index is 736. The van der Waals surface area contributed by atoms with Crippen LogP contribution >= 0.6 is 0 Å². The number of nitriles is 1. The Labute approximate surface area is 141 Å². The van der Waals surface area contributed by atoms with Gasteiger partial charge in [-0.15, -0.1) is 0 Å². The first-order valence-electron chi connectivity index (χ1n) is 8.04. The quantitative estimate of drug-likeness (QED) is 0.873. The summed E-state index contributed by atoms with van der Waals surface area (Å²) in [6.45, 7) is 1.54. The molecule has 0 radical (unpaired) electrons. The smallest absolute Gasteiger partial charge is 0.327 e. The minimum atomic E-state index is -0.499. The number of methoxy groups -OCH3 is 1. The maximum absolute atomic E-state index is 12.4. The lowest BCUT2D eigenvalue weighted by Crippen LogP contribution is -2.41. The molecule has 6 nitrogen and oxygen atoms in total. The van der Waals surface area contributed by atoms with Gasteiger partial charge in [0.25, 0.3) is 0 Å². The monoisotopic (exact) mass is 324 g/mol. The minimum absolute atomic E-state index is 0.264. The molecule has 1 aromatic carbocycles. The second-order valence-electron chi connectivity index (χ2n) is 5.97. The van der Waals surface area contributed by atoms with Crippen molar-refractivity contribution in [2.24, 2.45) is 0 Å². The fourth-order valence-corrected chi connectivity index (χ4v) is 3.35. The lowest BCUT2D eigenvalue weighted by molar-refractivity contribution is -0.148. The van der Waals surface area contributed by atoms with Crippen LogP contribution in [0.3, 0.4) is 0 Å². The number of hydrogen-bond donors (Lipinski definition) is 1. The van der Waals surface area contributed by atoms with Crippen molar-refractivity contribution >= 4 is 5.97 Å². The van der Waals surface area contributed by atoms with Crippen LogP contribution in [-0.4, -0.2) is 41.0 Å². The van der Waals surface area contributed by atoms with Gasteiger partial charge < -0.3 is 9.72 Å². The number of H-pyrrole nitrogens is 1. The van der Waals surface area contributed by atoms with Gasteiger partial charge in [-0.2, -0.15) is 5.26 Å². The van der Waals surface area contributed by atoms with Crippen LogP contribution in [0, 0.1) is 11.3 Å². The largest absolute Gasteiger partial charge is 0.468 e. The maximum atomic E-state index is 12.4. The van der Waals surface area contributed by atoms with E-state index in [1.807, 2.05) is 12.3 Å². The number of hydrogen-bond acceptors (Lipinski definition) is 5. The highest BCUT2D eigenvalue weighted by molar-refractivity contribution is 5.77. The first kappa shape index (κ1) is 16.2. The Morgan fingerprint density at radius 1 is 1.54 bits per heavy atom. The number of likely N-dealkylation sites (tertiary alicyclic amines) is 1. The number of nitrogens with one attached hydrogen (secondary N) is 1. The third kappa shape index (κ3) is 3.31. The summed E-state index contributed by atoms with van der Waals surface area (Å²) in [4.78, 5) is 22.1. The molecule has 1 aliphatic rings. The number of aromatic amines is 1. The van der Waals surface area contributed by atoms with Gasteiger partial charge in [0.05, 0.1) is 18.7 Å². The summed E-state index contributed by atoms with van der Waals surface area (Å²) >= 11 is 0. The third-order valence-electron chi connectivity index (χ3n) is 4.48. The summed E-state index contributed by atoms with van der Waals surface area (Å²) in [6.07, 6.45) is 5.60. The van der Waals surface area contributed by atoms with E-state index in [1.165, 1.54) is 7.11 Å². The standard InChI is InChI=1S/C18H20N4O2/c1-24-18(23)16(14-5-2-4-13(10-14)11-19)22-9-3-6-15(12-22)17-20-7-8-21-17/h2,4-5,7-8,10,15-16H,3,6,9,12H2,1H3,(H,20,21)/t15-,16-/m1/s1. The molecule has 0 spiro atoms. The van der Waals surface area contributed by atoms with E-state index in [-0.39, 0.29) is 11.9 Å². The van der Waals surface area contributed by atoms with E-state index in [9.17, 15) is 4.79 Å². The van der Waals surface area contributed by atoms with Crippen LogP contribution in [0.4, 0.5) is 0 Å². The molecule has 2 heterocycles. The number of carbonyl (C=O) groups excluding carboxylic acids is 1. The highest BCUT2D eigenvalue weighted by atomic mass is 16.5. The number of ether oxygens (including phenoxy) is 1. The SMILES string of the molecule is COC(=O)[C@@H](c1cccc(C#N)c1)N1CCC[C@@H](c2ncc[nH]2)C1.